The molecule has 7 nitrogen and oxygen atoms in total. The average molecular weight is 444 g/mol. The van der Waals surface area contributed by atoms with Crippen molar-refractivity contribution < 1.29 is 23.9 Å². The summed E-state index contributed by atoms with van der Waals surface area (Å²) in [7, 11) is 0. The molecule has 0 bridgehead atoms. The molecule has 3 aromatic rings. The number of nitrogens with one attached hydrogen (secondary N) is 2. The molecule has 1 atom stereocenters. The fraction of sp³-hybridized carbons (Fsp3) is 0.154. The molecule has 0 heterocycles. The lowest BCUT2D eigenvalue weighted by Gasteiger charge is -2.18. The van der Waals surface area contributed by atoms with Crippen molar-refractivity contribution in [3.05, 3.63) is 108 Å². The van der Waals surface area contributed by atoms with Crippen molar-refractivity contribution in [1.82, 2.24) is 10.6 Å². The molecule has 168 valence electrons. The van der Waals surface area contributed by atoms with Crippen molar-refractivity contribution >= 4 is 23.7 Å². The van der Waals surface area contributed by atoms with Crippen molar-refractivity contribution in [2.45, 2.75) is 18.9 Å². The van der Waals surface area contributed by atoms with Gasteiger partial charge in [-0.2, -0.15) is 0 Å². The first kappa shape index (κ1) is 23.4. The zero-order chi connectivity index (χ0) is 23.5. The minimum absolute atomic E-state index is 0.0438. The van der Waals surface area contributed by atoms with E-state index in [1.807, 2.05) is 12.1 Å². The summed E-state index contributed by atoms with van der Waals surface area (Å²) in [6.07, 6.45) is -0.129. The maximum absolute atomic E-state index is 12.6. The van der Waals surface area contributed by atoms with Crippen LogP contribution in [0, 0.1) is 0 Å². The highest BCUT2D eigenvalue weighted by Crippen LogP contribution is 2.18. The Kier molecular flexibility index (Phi) is 8.48. The Hall–Kier alpha value is -4.26. The van der Waals surface area contributed by atoms with E-state index >= 15 is 0 Å². The second-order valence-corrected chi connectivity index (χ2v) is 7.30. The molecule has 3 amide bonds. The first-order valence-electron chi connectivity index (χ1n) is 10.4. The average Bonchev–Trinajstić information content (AvgIpc) is 2.84. The summed E-state index contributed by atoms with van der Waals surface area (Å²) in [6.45, 7) is -0.590. The number of rotatable bonds is 9. The SMILES string of the molecule is O=C(COC(=O)CC(NC(=O)c1ccccc1)c1ccccc1)NC(=O)Cc1ccccc1. The van der Waals surface area contributed by atoms with E-state index in [4.69, 9.17) is 4.74 Å². The van der Waals surface area contributed by atoms with Crippen LogP contribution in [0.1, 0.15) is 33.9 Å². The van der Waals surface area contributed by atoms with Crippen molar-refractivity contribution in [2.24, 2.45) is 0 Å². The predicted molar refractivity (Wildman–Crippen MR) is 122 cm³/mol. The van der Waals surface area contributed by atoms with E-state index in [1.54, 1.807) is 78.9 Å². The van der Waals surface area contributed by atoms with Crippen LogP contribution in [0.4, 0.5) is 0 Å². The first-order chi connectivity index (χ1) is 16.0. The van der Waals surface area contributed by atoms with E-state index < -0.39 is 30.4 Å². The molecule has 0 saturated heterocycles. The zero-order valence-electron chi connectivity index (χ0n) is 17.9. The van der Waals surface area contributed by atoms with E-state index in [1.165, 1.54) is 0 Å². The summed E-state index contributed by atoms with van der Waals surface area (Å²) in [6, 6.07) is 26.0. The number of amides is 3. The van der Waals surface area contributed by atoms with Gasteiger partial charge in [-0.15, -0.1) is 0 Å². The fourth-order valence-corrected chi connectivity index (χ4v) is 3.16. The normalized spacial score (nSPS) is 11.2. The molecular formula is C26H24N2O5. The van der Waals surface area contributed by atoms with E-state index in [0.29, 0.717) is 5.56 Å². The lowest BCUT2D eigenvalue weighted by Crippen LogP contribution is -2.36. The number of esters is 1. The van der Waals surface area contributed by atoms with Crippen molar-refractivity contribution in [2.75, 3.05) is 6.61 Å². The van der Waals surface area contributed by atoms with Crippen molar-refractivity contribution in [3.63, 3.8) is 0 Å². The van der Waals surface area contributed by atoms with Crippen LogP contribution in [0.15, 0.2) is 91.0 Å². The number of ether oxygens (including phenoxy) is 1. The molecule has 0 spiro atoms. The van der Waals surface area contributed by atoms with Crippen molar-refractivity contribution in [1.29, 1.82) is 0 Å². The molecule has 2 N–H and O–H groups in total. The maximum atomic E-state index is 12.6. The summed E-state index contributed by atoms with van der Waals surface area (Å²) < 4.78 is 5.04. The third kappa shape index (κ3) is 7.74. The zero-order valence-corrected chi connectivity index (χ0v) is 17.9. The van der Waals surface area contributed by atoms with E-state index in [2.05, 4.69) is 10.6 Å². The lowest BCUT2D eigenvalue weighted by atomic mass is 10.0. The monoisotopic (exact) mass is 444 g/mol. The largest absolute Gasteiger partial charge is 0.455 e. The number of benzene rings is 3. The second kappa shape index (κ2) is 12.0. The number of imide groups is 1. The third-order valence-corrected chi connectivity index (χ3v) is 4.76. The number of carbonyl (C=O) groups is 4. The third-order valence-electron chi connectivity index (χ3n) is 4.76. The Balaban J connectivity index is 1.53. The van der Waals surface area contributed by atoms with Crippen LogP contribution in [0.2, 0.25) is 0 Å². The molecule has 3 rings (SSSR count). The highest BCUT2D eigenvalue weighted by Gasteiger charge is 2.21. The smallest absolute Gasteiger partial charge is 0.308 e. The minimum Gasteiger partial charge on any atom is -0.455 e. The van der Waals surface area contributed by atoms with Crippen LogP contribution in [0.25, 0.3) is 0 Å². The highest BCUT2D eigenvalue weighted by atomic mass is 16.5. The van der Waals surface area contributed by atoms with Gasteiger partial charge in [-0.3, -0.25) is 24.5 Å². The Labute approximate surface area is 191 Å². The molecule has 0 radical (unpaired) electrons. The quantitative estimate of drug-likeness (QED) is 0.494. The van der Waals surface area contributed by atoms with Gasteiger partial charge in [0.25, 0.3) is 11.8 Å². The number of hydrogen-bond donors (Lipinski definition) is 2. The molecular weight excluding hydrogens is 420 g/mol. The minimum atomic E-state index is -0.714. The molecule has 0 fully saturated rings. The summed E-state index contributed by atoms with van der Waals surface area (Å²) in [5.74, 6) is -2.21. The molecule has 3 aromatic carbocycles. The van der Waals surface area contributed by atoms with Gasteiger partial charge in [0, 0.05) is 5.56 Å². The van der Waals surface area contributed by atoms with Crippen LogP contribution in [0.3, 0.4) is 0 Å². The highest BCUT2D eigenvalue weighted by molar-refractivity contribution is 5.97. The van der Waals surface area contributed by atoms with Gasteiger partial charge in [0.05, 0.1) is 18.9 Å². The standard InChI is InChI=1S/C26H24N2O5/c29-23(16-19-10-4-1-5-11-19)28-24(30)18-33-25(31)17-22(20-12-6-2-7-13-20)27-26(32)21-14-8-3-9-15-21/h1-15,22H,16-18H2,(H,27,32)(H,28,29,30). The van der Waals surface area contributed by atoms with Gasteiger partial charge in [-0.05, 0) is 23.3 Å². The van der Waals surface area contributed by atoms with Gasteiger partial charge in [0.15, 0.2) is 6.61 Å². The molecule has 33 heavy (non-hydrogen) atoms. The van der Waals surface area contributed by atoms with Gasteiger partial charge >= 0.3 is 5.97 Å². The second-order valence-electron chi connectivity index (χ2n) is 7.30. The topological polar surface area (TPSA) is 102 Å². The van der Waals surface area contributed by atoms with Gasteiger partial charge in [-0.1, -0.05) is 78.9 Å². The predicted octanol–water partition coefficient (Wildman–Crippen LogP) is 2.98. The molecule has 1 unspecified atom stereocenters. The summed E-state index contributed by atoms with van der Waals surface area (Å²) in [4.78, 5) is 48.9. The van der Waals surface area contributed by atoms with Gasteiger partial charge in [0.2, 0.25) is 5.91 Å². The van der Waals surface area contributed by atoms with E-state index in [9.17, 15) is 19.2 Å². The lowest BCUT2D eigenvalue weighted by molar-refractivity contribution is -0.150. The first-order valence-corrected chi connectivity index (χ1v) is 10.4. The van der Waals surface area contributed by atoms with Crippen LogP contribution in [0.5, 0.6) is 0 Å². The van der Waals surface area contributed by atoms with E-state index in [0.717, 1.165) is 11.1 Å². The molecule has 7 heteroatoms. The van der Waals surface area contributed by atoms with Crippen LogP contribution in [-0.2, 0) is 25.5 Å². The van der Waals surface area contributed by atoms with Gasteiger partial charge in [0.1, 0.15) is 0 Å². The Morgan fingerprint density at radius 2 is 1.30 bits per heavy atom. The van der Waals surface area contributed by atoms with Gasteiger partial charge in [-0.25, -0.2) is 0 Å². The fourth-order valence-electron chi connectivity index (χ4n) is 3.16. The van der Waals surface area contributed by atoms with Crippen LogP contribution < -0.4 is 10.6 Å². The molecule has 0 aliphatic carbocycles. The van der Waals surface area contributed by atoms with Crippen LogP contribution in [-0.4, -0.2) is 30.3 Å². The molecule has 0 aliphatic rings. The molecule has 0 aromatic heterocycles. The van der Waals surface area contributed by atoms with Crippen LogP contribution >= 0.6 is 0 Å². The molecule has 0 aliphatic heterocycles. The van der Waals surface area contributed by atoms with Crippen molar-refractivity contribution in [3.8, 4) is 0 Å². The number of carbonyl (C=O) groups excluding carboxylic acids is 4. The maximum Gasteiger partial charge on any atom is 0.308 e. The summed E-state index contributed by atoms with van der Waals surface area (Å²) in [5, 5.41) is 5.03. The Morgan fingerprint density at radius 3 is 1.94 bits per heavy atom. The van der Waals surface area contributed by atoms with Gasteiger partial charge < -0.3 is 10.1 Å². The Morgan fingerprint density at radius 1 is 0.727 bits per heavy atom. The number of hydrogen-bond acceptors (Lipinski definition) is 5. The Bertz CT molecular complexity index is 1090. The summed E-state index contributed by atoms with van der Waals surface area (Å²) >= 11 is 0. The molecule has 0 saturated carbocycles. The van der Waals surface area contributed by atoms with E-state index in [-0.39, 0.29) is 18.7 Å². The summed E-state index contributed by atoms with van der Waals surface area (Å²) in [5.41, 5.74) is 1.95.